The molecule has 0 atom stereocenters. The number of nitrogens with one attached hydrogen (secondary N) is 1. The summed E-state index contributed by atoms with van der Waals surface area (Å²) in [6.07, 6.45) is 1.09. The zero-order valence-electron chi connectivity index (χ0n) is 10.4. The third-order valence-electron chi connectivity index (χ3n) is 2.44. The zero-order valence-corrected chi connectivity index (χ0v) is 11.2. The van der Waals surface area contributed by atoms with Gasteiger partial charge < -0.3 is 9.84 Å². The topological polar surface area (TPSA) is 51.0 Å². The van der Waals surface area contributed by atoms with E-state index in [4.69, 9.17) is 4.52 Å². The SMILES string of the molecule is CCc1ccc(CNc2nc(C(C)C)no2)s1. The van der Waals surface area contributed by atoms with E-state index in [2.05, 4.69) is 34.5 Å². The van der Waals surface area contributed by atoms with Crippen LogP contribution in [0.15, 0.2) is 16.7 Å². The van der Waals surface area contributed by atoms with Crippen LogP contribution in [0.2, 0.25) is 0 Å². The maximum Gasteiger partial charge on any atom is 0.321 e. The molecular weight excluding hydrogens is 234 g/mol. The summed E-state index contributed by atoms with van der Waals surface area (Å²) in [6, 6.07) is 4.80. The minimum Gasteiger partial charge on any atom is -0.333 e. The van der Waals surface area contributed by atoms with E-state index in [1.807, 2.05) is 25.2 Å². The predicted octanol–water partition coefficient (Wildman–Crippen LogP) is 3.43. The van der Waals surface area contributed by atoms with Gasteiger partial charge in [-0.3, -0.25) is 0 Å². The van der Waals surface area contributed by atoms with Crippen molar-refractivity contribution in [2.24, 2.45) is 0 Å². The molecule has 2 aromatic heterocycles. The highest BCUT2D eigenvalue weighted by atomic mass is 32.1. The first-order valence-corrected chi connectivity index (χ1v) is 6.65. The van der Waals surface area contributed by atoms with Crippen molar-refractivity contribution in [1.29, 1.82) is 0 Å². The van der Waals surface area contributed by atoms with Gasteiger partial charge >= 0.3 is 6.01 Å². The Kier molecular flexibility index (Phi) is 3.78. The molecule has 0 aliphatic rings. The zero-order chi connectivity index (χ0) is 12.3. The van der Waals surface area contributed by atoms with Gasteiger partial charge in [0.05, 0.1) is 6.54 Å². The molecular formula is C12H17N3OS. The number of hydrogen-bond donors (Lipinski definition) is 1. The van der Waals surface area contributed by atoms with E-state index in [1.165, 1.54) is 9.75 Å². The molecule has 0 saturated heterocycles. The summed E-state index contributed by atoms with van der Waals surface area (Å²) in [4.78, 5) is 6.95. The summed E-state index contributed by atoms with van der Waals surface area (Å²) in [7, 11) is 0. The second-order valence-electron chi connectivity index (χ2n) is 4.19. The second kappa shape index (κ2) is 5.31. The van der Waals surface area contributed by atoms with E-state index >= 15 is 0 Å². The largest absolute Gasteiger partial charge is 0.333 e. The molecule has 2 aromatic rings. The highest BCUT2D eigenvalue weighted by molar-refractivity contribution is 7.12. The minimum atomic E-state index is 0.294. The molecule has 1 N–H and O–H groups in total. The van der Waals surface area contributed by atoms with Gasteiger partial charge in [-0.05, 0) is 18.6 Å². The fourth-order valence-electron chi connectivity index (χ4n) is 1.41. The lowest BCUT2D eigenvalue weighted by Gasteiger charge is -1.97. The van der Waals surface area contributed by atoms with Crippen molar-refractivity contribution in [3.63, 3.8) is 0 Å². The molecule has 0 aliphatic heterocycles. The van der Waals surface area contributed by atoms with Gasteiger partial charge in [-0.1, -0.05) is 25.9 Å². The molecule has 0 aliphatic carbocycles. The van der Waals surface area contributed by atoms with E-state index in [-0.39, 0.29) is 0 Å². The van der Waals surface area contributed by atoms with Crippen LogP contribution in [0.1, 0.15) is 42.3 Å². The van der Waals surface area contributed by atoms with Crippen LogP contribution in [0.3, 0.4) is 0 Å². The Morgan fingerprint density at radius 3 is 2.71 bits per heavy atom. The van der Waals surface area contributed by atoms with Crippen LogP contribution in [0, 0.1) is 0 Å². The Balaban J connectivity index is 1.92. The fourth-order valence-corrected chi connectivity index (χ4v) is 2.31. The number of aryl methyl sites for hydroxylation is 1. The molecule has 0 unspecified atom stereocenters. The average Bonchev–Trinajstić information content (AvgIpc) is 2.95. The molecule has 0 bridgehead atoms. The number of aromatic nitrogens is 2. The smallest absolute Gasteiger partial charge is 0.321 e. The summed E-state index contributed by atoms with van der Waals surface area (Å²) in [5, 5.41) is 7.05. The van der Waals surface area contributed by atoms with Gasteiger partial charge in [-0.2, -0.15) is 4.98 Å². The molecule has 0 spiro atoms. The molecule has 0 radical (unpaired) electrons. The van der Waals surface area contributed by atoms with Crippen molar-refractivity contribution in [2.45, 2.75) is 39.7 Å². The van der Waals surface area contributed by atoms with Crippen molar-refractivity contribution >= 4 is 17.4 Å². The normalized spacial score (nSPS) is 11.1. The Morgan fingerprint density at radius 1 is 1.35 bits per heavy atom. The van der Waals surface area contributed by atoms with E-state index in [9.17, 15) is 0 Å². The molecule has 0 fully saturated rings. The first-order valence-electron chi connectivity index (χ1n) is 5.84. The van der Waals surface area contributed by atoms with E-state index in [0.29, 0.717) is 11.9 Å². The van der Waals surface area contributed by atoms with Gasteiger partial charge in [0.25, 0.3) is 0 Å². The van der Waals surface area contributed by atoms with Crippen LogP contribution < -0.4 is 5.32 Å². The maximum absolute atomic E-state index is 5.11. The Labute approximate surface area is 105 Å². The lowest BCUT2D eigenvalue weighted by Crippen LogP contribution is -1.98. The highest BCUT2D eigenvalue weighted by Gasteiger charge is 2.09. The van der Waals surface area contributed by atoms with Gasteiger partial charge in [0.15, 0.2) is 5.82 Å². The van der Waals surface area contributed by atoms with Gasteiger partial charge in [-0.15, -0.1) is 11.3 Å². The van der Waals surface area contributed by atoms with Crippen molar-refractivity contribution in [3.05, 3.63) is 27.7 Å². The Morgan fingerprint density at radius 2 is 2.12 bits per heavy atom. The standard InChI is InChI=1S/C12H17N3OS/c1-4-9-5-6-10(17-9)7-13-12-14-11(8(2)3)15-16-12/h5-6,8H,4,7H2,1-3H3,(H,13,14,15). The molecule has 5 heteroatoms. The van der Waals surface area contributed by atoms with Gasteiger partial charge in [0, 0.05) is 15.7 Å². The van der Waals surface area contributed by atoms with Crippen molar-refractivity contribution in [3.8, 4) is 0 Å². The monoisotopic (exact) mass is 251 g/mol. The molecule has 2 heterocycles. The minimum absolute atomic E-state index is 0.294. The van der Waals surface area contributed by atoms with Crippen molar-refractivity contribution in [1.82, 2.24) is 10.1 Å². The van der Waals surface area contributed by atoms with E-state index in [0.717, 1.165) is 18.8 Å². The number of thiophene rings is 1. The van der Waals surface area contributed by atoms with Gasteiger partial charge in [-0.25, -0.2) is 0 Å². The van der Waals surface area contributed by atoms with Crippen molar-refractivity contribution < 1.29 is 4.52 Å². The van der Waals surface area contributed by atoms with Crippen LogP contribution in [0.4, 0.5) is 6.01 Å². The number of rotatable bonds is 5. The molecule has 0 saturated carbocycles. The summed E-state index contributed by atoms with van der Waals surface area (Å²) >= 11 is 1.81. The third-order valence-corrected chi connectivity index (χ3v) is 3.67. The second-order valence-corrected chi connectivity index (χ2v) is 5.44. The Bertz CT molecular complexity index is 476. The average molecular weight is 251 g/mol. The predicted molar refractivity (Wildman–Crippen MR) is 69.4 cm³/mol. The number of hydrogen-bond acceptors (Lipinski definition) is 5. The molecule has 2 rings (SSSR count). The molecule has 0 aromatic carbocycles. The van der Waals surface area contributed by atoms with Crippen LogP contribution in [-0.2, 0) is 13.0 Å². The van der Waals surface area contributed by atoms with Crippen molar-refractivity contribution in [2.75, 3.05) is 5.32 Å². The first-order chi connectivity index (χ1) is 8.19. The summed E-state index contributed by atoms with van der Waals surface area (Å²) in [5.74, 6) is 1.04. The lowest BCUT2D eigenvalue weighted by atomic mass is 10.2. The van der Waals surface area contributed by atoms with Crippen LogP contribution >= 0.6 is 11.3 Å². The maximum atomic E-state index is 5.11. The van der Waals surface area contributed by atoms with Gasteiger partial charge in [0.1, 0.15) is 0 Å². The van der Waals surface area contributed by atoms with Crippen LogP contribution in [-0.4, -0.2) is 10.1 Å². The number of anilines is 1. The van der Waals surface area contributed by atoms with E-state index < -0.39 is 0 Å². The highest BCUT2D eigenvalue weighted by Crippen LogP contribution is 2.18. The molecule has 0 amide bonds. The van der Waals surface area contributed by atoms with E-state index in [1.54, 1.807) is 0 Å². The third kappa shape index (κ3) is 3.06. The first kappa shape index (κ1) is 12.1. The quantitative estimate of drug-likeness (QED) is 0.884. The van der Waals surface area contributed by atoms with Crippen LogP contribution in [0.5, 0.6) is 0 Å². The summed E-state index contributed by atoms with van der Waals surface area (Å²) < 4.78 is 5.11. The molecule has 17 heavy (non-hydrogen) atoms. The molecule has 4 nitrogen and oxygen atoms in total. The number of nitrogens with zero attached hydrogens (tertiary/aromatic N) is 2. The van der Waals surface area contributed by atoms with Crippen LogP contribution in [0.25, 0.3) is 0 Å². The fraction of sp³-hybridized carbons (Fsp3) is 0.500. The lowest BCUT2D eigenvalue weighted by molar-refractivity contribution is 0.419. The molecule has 92 valence electrons. The summed E-state index contributed by atoms with van der Waals surface area (Å²) in [5.41, 5.74) is 0. The Hall–Kier alpha value is -1.36. The van der Waals surface area contributed by atoms with Gasteiger partial charge in [0.2, 0.25) is 0 Å². The summed E-state index contributed by atoms with van der Waals surface area (Å²) in [6.45, 7) is 6.99.